The molecule has 0 amide bonds. The standard InChI is InChI=1S/C17H18N2O3S/c1-3-22-10-9-19(2)16-13(11-18)14(15(23-16)17(20)21)12-7-5-4-6-8-12/h4-8H,3,9-10H2,1-2H3,(H,20,21). The molecule has 5 nitrogen and oxygen atoms in total. The second kappa shape index (κ2) is 7.77. The van der Waals surface area contributed by atoms with Crippen LogP contribution in [-0.2, 0) is 4.74 Å². The van der Waals surface area contributed by atoms with Gasteiger partial charge in [-0.2, -0.15) is 5.26 Å². The minimum absolute atomic E-state index is 0.186. The number of nitrogens with zero attached hydrogens (tertiary/aromatic N) is 2. The van der Waals surface area contributed by atoms with Crippen molar-refractivity contribution in [3.8, 4) is 17.2 Å². The molecule has 6 heteroatoms. The zero-order valence-corrected chi connectivity index (χ0v) is 13.9. The van der Waals surface area contributed by atoms with Crippen molar-refractivity contribution >= 4 is 22.3 Å². The number of aromatic carboxylic acids is 1. The number of hydrogen-bond donors (Lipinski definition) is 1. The highest BCUT2D eigenvalue weighted by molar-refractivity contribution is 7.18. The molecule has 120 valence electrons. The number of thiophene rings is 1. The van der Waals surface area contributed by atoms with E-state index in [1.165, 1.54) is 0 Å². The SMILES string of the molecule is CCOCCN(C)c1sc(C(=O)O)c(-c2ccccc2)c1C#N. The van der Waals surface area contributed by atoms with E-state index in [4.69, 9.17) is 4.74 Å². The van der Waals surface area contributed by atoms with E-state index in [-0.39, 0.29) is 4.88 Å². The summed E-state index contributed by atoms with van der Waals surface area (Å²) in [5.41, 5.74) is 1.63. The zero-order valence-electron chi connectivity index (χ0n) is 13.1. The molecule has 0 radical (unpaired) electrons. The molecule has 23 heavy (non-hydrogen) atoms. The Balaban J connectivity index is 2.50. The maximum atomic E-state index is 11.6. The number of rotatable bonds is 7. The zero-order chi connectivity index (χ0) is 16.8. The van der Waals surface area contributed by atoms with Crippen molar-refractivity contribution in [2.75, 3.05) is 31.7 Å². The molecule has 0 saturated carbocycles. The summed E-state index contributed by atoms with van der Waals surface area (Å²) < 4.78 is 5.33. The molecule has 0 spiro atoms. The summed E-state index contributed by atoms with van der Waals surface area (Å²) >= 11 is 1.13. The van der Waals surface area contributed by atoms with Crippen molar-refractivity contribution < 1.29 is 14.6 Å². The Morgan fingerprint density at radius 1 is 1.39 bits per heavy atom. The van der Waals surface area contributed by atoms with Crippen LogP contribution in [0.25, 0.3) is 11.1 Å². The maximum absolute atomic E-state index is 11.6. The van der Waals surface area contributed by atoms with Crippen molar-refractivity contribution in [1.82, 2.24) is 0 Å². The van der Waals surface area contributed by atoms with Crippen molar-refractivity contribution in [2.45, 2.75) is 6.92 Å². The lowest BCUT2D eigenvalue weighted by atomic mass is 10.0. The molecule has 2 aromatic rings. The van der Waals surface area contributed by atoms with Gasteiger partial charge >= 0.3 is 5.97 Å². The van der Waals surface area contributed by atoms with E-state index in [0.717, 1.165) is 16.9 Å². The highest BCUT2D eigenvalue weighted by Crippen LogP contribution is 2.41. The molecule has 0 fully saturated rings. The number of ether oxygens (including phenoxy) is 1. The Kier molecular flexibility index (Phi) is 5.74. The number of benzene rings is 1. The molecule has 0 bridgehead atoms. The third-order valence-corrected chi connectivity index (χ3v) is 4.67. The minimum Gasteiger partial charge on any atom is -0.477 e. The summed E-state index contributed by atoms with van der Waals surface area (Å²) in [5, 5.41) is 19.8. The lowest BCUT2D eigenvalue weighted by molar-refractivity contribution is 0.0703. The first-order chi connectivity index (χ1) is 11.1. The third kappa shape index (κ3) is 3.70. The van der Waals surface area contributed by atoms with E-state index < -0.39 is 5.97 Å². The largest absolute Gasteiger partial charge is 0.477 e. The maximum Gasteiger partial charge on any atom is 0.346 e. The molecule has 0 aliphatic rings. The second-order valence-corrected chi connectivity index (χ2v) is 5.89. The Bertz CT molecular complexity index is 719. The van der Waals surface area contributed by atoms with Crippen LogP contribution in [0, 0.1) is 11.3 Å². The van der Waals surface area contributed by atoms with E-state index >= 15 is 0 Å². The van der Waals surface area contributed by atoms with Gasteiger partial charge in [-0.1, -0.05) is 30.3 Å². The van der Waals surface area contributed by atoms with E-state index in [1.807, 2.05) is 49.2 Å². The summed E-state index contributed by atoms with van der Waals surface area (Å²) in [7, 11) is 1.84. The molecule has 2 rings (SSSR count). The van der Waals surface area contributed by atoms with E-state index in [2.05, 4.69) is 6.07 Å². The Morgan fingerprint density at radius 2 is 2.09 bits per heavy atom. The quantitative estimate of drug-likeness (QED) is 0.787. The van der Waals surface area contributed by atoms with Gasteiger partial charge in [-0.3, -0.25) is 0 Å². The number of carboxylic acids is 1. The molecular weight excluding hydrogens is 312 g/mol. The molecule has 1 N–H and O–H groups in total. The second-order valence-electron chi connectivity index (χ2n) is 4.89. The molecule has 0 atom stereocenters. The molecule has 1 aromatic heterocycles. The van der Waals surface area contributed by atoms with Gasteiger partial charge in [0.05, 0.1) is 12.2 Å². The van der Waals surface area contributed by atoms with Crippen LogP contribution in [0.3, 0.4) is 0 Å². The fourth-order valence-corrected chi connectivity index (χ4v) is 3.37. The summed E-state index contributed by atoms with van der Waals surface area (Å²) in [6.45, 7) is 3.66. The predicted octanol–water partition coefficient (Wildman–Crippen LogP) is 3.46. The topological polar surface area (TPSA) is 73.6 Å². The van der Waals surface area contributed by atoms with Crippen LogP contribution in [0.1, 0.15) is 22.2 Å². The van der Waals surface area contributed by atoms with Crippen LogP contribution < -0.4 is 4.90 Å². The summed E-state index contributed by atoms with van der Waals surface area (Å²) in [5.74, 6) is -1.02. The Labute approximate surface area is 139 Å². The number of nitriles is 1. The minimum atomic E-state index is -1.02. The van der Waals surface area contributed by atoms with Crippen molar-refractivity contribution in [3.05, 3.63) is 40.8 Å². The predicted molar refractivity (Wildman–Crippen MR) is 91.2 cm³/mol. The van der Waals surface area contributed by atoms with Gasteiger partial charge < -0.3 is 14.7 Å². The fourth-order valence-electron chi connectivity index (χ4n) is 2.27. The average molecular weight is 330 g/mol. The highest BCUT2D eigenvalue weighted by Gasteiger charge is 2.25. The Morgan fingerprint density at radius 3 is 2.65 bits per heavy atom. The van der Waals surface area contributed by atoms with Crippen molar-refractivity contribution in [1.29, 1.82) is 5.26 Å². The van der Waals surface area contributed by atoms with Gasteiger partial charge in [0.25, 0.3) is 0 Å². The van der Waals surface area contributed by atoms with Gasteiger partial charge in [-0.05, 0) is 12.5 Å². The first kappa shape index (κ1) is 17.0. The summed E-state index contributed by atoms with van der Waals surface area (Å²) in [6, 6.07) is 11.3. The van der Waals surface area contributed by atoms with E-state index in [0.29, 0.717) is 35.9 Å². The van der Waals surface area contributed by atoms with Crippen LogP contribution in [0.15, 0.2) is 30.3 Å². The molecule has 1 heterocycles. The van der Waals surface area contributed by atoms with E-state index in [9.17, 15) is 15.2 Å². The van der Waals surface area contributed by atoms with Crippen LogP contribution in [0.5, 0.6) is 0 Å². The molecule has 0 aliphatic heterocycles. The third-order valence-electron chi connectivity index (χ3n) is 3.38. The van der Waals surface area contributed by atoms with Gasteiger partial charge in [-0.15, -0.1) is 11.3 Å². The average Bonchev–Trinajstić information content (AvgIpc) is 2.95. The van der Waals surface area contributed by atoms with E-state index in [1.54, 1.807) is 0 Å². The fraction of sp³-hybridized carbons (Fsp3) is 0.294. The summed E-state index contributed by atoms with van der Waals surface area (Å²) in [4.78, 5) is 13.7. The molecule has 1 aromatic carbocycles. The molecule has 0 aliphatic carbocycles. The van der Waals surface area contributed by atoms with Gasteiger partial charge in [-0.25, -0.2) is 4.79 Å². The number of hydrogen-bond acceptors (Lipinski definition) is 5. The molecule has 0 unspecified atom stereocenters. The van der Waals surface area contributed by atoms with Crippen molar-refractivity contribution in [2.24, 2.45) is 0 Å². The van der Waals surface area contributed by atoms with Crippen LogP contribution >= 0.6 is 11.3 Å². The monoisotopic (exact) mass is 330 g/mol. The first-order valence-electron chi connectivity index (χ1n) is 7.24. The van der Waals surface area contributed by atoms with Gasteiger partial charge in [0, 0.05) is 25.8 Å². The highest BCUT2D eigenvalue weighted by atomic mass is 32.1. The summed E-state index contributed by atoms with van der Waals surface area (Å²) in [6.07, 6.45) is 0. The number of carbonyl (C=O) groups is 1. The number of likely N-dealkylation sites (N-methyl/N-ethyl adjacent to an activating group) is 1. The van der Waals surface area contributed by atoms with Crippen LogP contribution in [-0.4, -0.2) is 37.9 Å². The molecular formula is C17H18N2O3S. The van der Waals surface area contributed by atoms with Gasteiger partial charge in [0.15, 0.2) is 0 Å². The van der Waals surface area contributed by atoms with Crippen LogP contribution in [0.2, 0.25) is 0 Å². The van der Waals surface area contributed by atoms with Gasteiger partial charge in [0.2, 0.25) is 0 Å². The first-order valence-corrected chi connectivity index (χ1v) is 8.06. The molecule has 0 saturated heterocycles. The number of carboxylic acid groups (broad SMARTS) is 1. The van der Waals surface area contributed by atoms with Crippen molar-refractivity contribution in [3.63, 3.8) is 0 Å². The van der Waals surface area contributed by atoms with Gasteiger partial charge in [0.1, 0.15) is 15.9 Å². The number of anilines is 1. The Hall–Kier alpha value is -2.36. The normalized spacial score (nSPS) is 10.3. The lowest BCUT2D eigenvalue weighted by Crippen LogP contribution is -2.22. The van der Waals surface area contributed by atoms with Crippen LogP contribution in [0.4, 0.5) is 5.00 Å². The smallest absolute Gasteiger partial charge is 0.346 e. The lowest BCUT2D eigenvalue weighted by Gasteiger charge is -2.17.